The first-order valence-corrected chi connectivity index (χ1v) is 8.93. The topological polar surface area (TPSA) is 39.6 Å². The number of hydrogen-bond donors (Lipinski definition) is 1. The lowest BCUT2D eigenvalue weighted by molar-refractivity contribution is 0.270. The molecule has 1 aliphatic heterocycles. The predicted octanol–water partition coefficient (Wildman–Crippen LogP) is 3.50. The Morgan fingerprint density at radius 2 is 1.88 bits per heavy atom. The minimum absolute atomic E-state index is 0.341. The van der Waals surface area contributed by atoms with Crippen molar-refractivity contribution < 1.29 is 8.78 Å². The van der Waals surface area contributed by atoms with Crippen molar-refractivity contribution in [2.24, 2.45) is 0 Å². The van der Waals surface area contributed by atoms with Crippen LogP contribution in [0.15, 0.2) is 42.6 Å². The fourth-order valence-corrected chi connectivity index (χ4v) is 3.09. The normalized spacial score (nSPS) is 15.0. The summed E-state index contributed by atoms with van der Waals surface area (Å²) in [6.07, 6.45) is 1.88. The lowest BCUT2D eigenvalue weighted by atomic mass is 10.2. The van der Waals surface area contributed by atoms with Gasteiger partial charge in [-0.2, -0.15) is 5.10 Å². The second-order valence-electron chi connectivity index (χ2n) is 5.97. The smallest absolute Gasteiger partial charge is 0.199 e. The molecule has 1 N–H and O–H groups in total. The number of benzene rings is 1. The number of nitrogens with one attached hydrogen (secondary N) is 1. The molecule has 8 heteroatoms. The summed E-state index contributed by atoms with van der Waals surface area (Å²) < 4.78 is 29.0. The Balaban J connectivity index is 0.000000167. The molecule has 0 spiro atoms. The zero-order valence-corrected chi connectivity index (χ0v) is 15.3. The molecule has 3 aromatic rings. The SMILES string of the molecule is CCN1CCN(c2cc(F)ccc2F)CC1.S=c1[nH]nc2ccccn12. The summed E-state index contributed by atoms with van der Waals surface area (Å²) in [4.78, 5) is 4.21. The van der Waals surface area contributed by atoms with Gasteiger partial charge in [0.05, 0.1) is 5.69 Å². The third kappa shape index (κ3) is 4.25. The first kappa shape index (κ1) is 18.5. The minimum Gasteiger partial charge on any atom is -0.367 e. The Bertz CT molecular complexity index is 915. The van der Waals surface area contributed by atoms with E-state index in [2.05, 4.69) is 22.0 Å². The molecule has 138 valence electrons. The maximum Gasteiger partial charge on any atom is 0.199 e. The van der Waals surface area contributed by atoms with E-state index in [1.807, 2.05) is 33.7 Å². The predicted molar refractivity (Wildman–Crippen MR) is 101 cm³/mol. The summed E-state index contributed by atoms with van der Waals surface area (Å²) in [5, 5.41) is 6.66. The zero-order valence-electron chi connectivity index (χ0n) is 14.5. The molecule has 1 aliphatic rings. The van der Waals surface area contributed by atoms with Crippen molar-refractivity contribution in [2.75, 3.05) is 37.6 Å². The molecule has 0 amide bonds. The van der Waals surface area contributed by atoms with Gasteiger partial charge in [0.15, 0.2) is 10.4 Å². The number of nitrogens with zero attached hydrogens (tertiary/aromatic N) is 4. The lowest BCUT2D eigenvalue weighted by Crippen LogP contribution is -2.46. The van der Waals surface area contributed by atoms with Crippen LogP contribution in [0.25, 0.3) is 5.65 Å². The quantitative estimate of drug-likeness (QED) is 0.694. The van der Waals surface area contributed by atoms with Crippen LogP contribution < -0.4 is 4.90 Å². The first-order chi connectivity index (χ1) is 12.6. The number of aromatic nitrogens is 3. The van der Waals surface area contributed by atoms with E-state index in [4.69, 9.17) is 12.2 Å². The number of H-pyrrole nitrogens is 1. The van der Waals surface area contributed by atoms with Gasteiger partial charge in [0.1, 0.15) is 11.6 Å². The van der Waals surface area contributed by atoms with Crippen LogP contribution in [0.4, 0.5) is 14.5 Å². The third-order valence-corrected chi connectivity index (χ3v) is 4.68. The van der Waals surface area contributed by atoms with Crippen molar-refractivity contribution in [2.45, 2.75) is 6.92 Å². The summed E-state index contributed by atoms with van der Waals surface area (Å²) in [6.45, 7) is 6.46. The fraction of sp³-hybridized carbons (Fsp3) is 0.333. The van der Waals surface area contributed by atoms with Crippen molar-refractivity contribution in [1.82, 2.24) is 19.5 Å². The van der Waals surface area contributed by atoms with E-state index in [-0.39, 0.29) is 11.6 Å². The molecule has 2 aromatic heterocycles. The van der Waals surface area contributed by atoms with Crippen molar-refractivity contribution in [3.63, 3.8) is 0 Å². The van der Waals surface area contributed by atoms with Crippen LogP contribution >= 0.6 is 12.2 Å². The van der Waals surface area contributed by atoms with Gasteiger partial charge < -0.3 is 9.80 Å². The Kier molecular flexibility index (Phi) is 5.95. The van der Waals surface area contributed by atoms with E-state index in [9.17, 15) is 8.78 Å². The molecular weight excluding hydrogens is 356 g/mol. The monoisotopic (exact) mass is 377 g/mol. The van der Waals surface area contributed by atoms with Crippen LogP contribution in [-0.2, 0) is 0 Å². The highest BCUT2D eigenvalue weighted by Gasteiger charge is 2.18. The highest BCUT2D eigenvalue weighted by Crippen LogP contribution is 2.21. The fourth-order valence-electron chi connectivity index (χ4n) is 2.89. The van der Waals surface area contributed by atoms with Gasteiger partial charge in [-0.05, 0) is 43.0 Å². The van der Waals surface area contributed by atoms with E-state index in [1.54, 1.807) is 0 Å². The van der Waals surface area contributed by atoms with Gasteiger partial charge in [0.25, 0.3) is 0 Å². The maximum atomic E-state index is 13.5. The molecule has 3 heterocycles. The van der Waals surface area contributed by atoms with E-state index >= 15 is 0 Å². The molecule has 0 atom stereocenters. The van der Waals surface area contributed by atoms with Gasteiger partial charge in [-0.3, -0.25) is 9.50 Å². The Hall–Kier alpha value is -2.32. The van der Waals surface area contributed by atoms with Crippen molar-refractivity contribution in [3.05, 3.63) is 59.0 Å². The number of pyridine rings is 1. The van der Waals surface area contributed by atoms with Crippen LogP contribution in [0.2, 0.25) is 0 Å². The van der Waals surface area contributed by atoms with Crippen LogP contribution in [0, 0.1) is 16.4 Å². The van der Waals surface area contributed by atoms with E-state index < -0.39 is 0 Å². The van der Waals surface area contributed by atoms with Crippen molar-refractivity contribution in [3.8, 4) is 0 Å². The average Bonchev–Trinajstić information content (AvgIpc) is 3.06. The largest absolute Gasteiger partial charge is 0.367 e. The van der Waals surface area contributed by atoms with Gasteiger partial charge in [-0.15, -0.1) is 0 Å². The molecule has 0 aliphatic carbocycles. The molecule has 1 aromatic carbocycles. The molecular formula is C18H21F2N5S. The standard InChI is InChI=1S/C12H16F2N2.C6H5N3S/c1-2-15-5-7-16(8-6-15)12-9-10(13)3-4-11(12)14;10-6-8-7-5-3-1-2-4-9(5)6/h3-4,9H,2,5-8H2,1H3;1-4H,(H,8,10). The van der Waals surface area contributed by atoms with Crippen LogP contribution in [0.3, 0.4) is 0 Å². The van der Waals surface area contributed by atoms with Crippen molar-refractivity contribution in [1.29, 1.82) is 0 Å². The first-order valence-electron chi connectivity index (χ1n) is 8.52. The molecule has 0 saturated carbocycles. The number of hydrogen-bond acceptors (Lipinski definition) is 4. The molecule has 0 radical (unpaired) electrons. The Morgan fingerprint density at radius 1 is 1.12 bits per heavy atom. The van der Waals surface area contributed by atoms with E-state index in [1.165, 1.54) is 12.1 Å². The molecule has 4 rings (SSSR count). The number of rotatable bonds is 2. The second kappa shape index (κ2) is 8.37. The second-order valence-corrected chi connectivity index (χ2v) is 6.36. The van der Waals surface area contributed by atoms with Crippen molar-refractivity contribution >= 4 is 23.6 Å². The number of anilines is 1. The summed E-state index contributed by atoms with van der Waals surface area (Å²) in [5.41, 5.74) is 1.24. The summed E-state index contributed by atoms with van der Waals surface area (Å²) in [5.74, 6) is -0.722. The number of likely N-dealkylation sites (N-methyl/N-ethyl adjacent to an activating group) is 1. The van der Waals surface area contributed by atoms with Gasteiger partial charge in [0, 0.05) is 38.4 Å². The van der Waals surface area contributed by atoms with Gasteiger partial charge in [-0.25, -0.2) is 8.78 Å². The molecule has 1 saturated heterocycles. The summed E-state index contributed by atoms with van der Waals surface area (Å²) in [6, 6.07) is 9.35. The Morgan fingerprint density at radius 3 is 2.58 bits per heavy atom. The number of aromatic amines is 1. The average molecular weight is 377 g/mol. The number of halogens is 2. The molecule has 0 bridgehead atoms. The van der Waals surface area contributed by atoms with E-state index in [0.29, 0.717) is 10.5 Å². The molecule has 1 fully saturated rings. The van der Waals surface area contributed by atoms with Gasteiger partial charge >= 0.3 is 0 Å². The summed E-state index contributed by atoms with van der Waals surface area (Å²) >= 11 is 4.93. The molecule has 5 nitrogen and oxygen atoms in total. The zero-order chi connectivity index (χ0) is 18.5. The Labute approximate surface area is 155 Å². The molecule has 26 heavy (non-hydrogen) atoms. The van der Waals surface area contributed by atoms with Crippen LogP contribution in [0.5, 0.6) is 0 Å². The van der Waals surface area contributed by atoms with Gasteiger partial charge in [0.2, 0.25) is 0 Å². The summed E-state index contributed by atoms with van der Waals surface area (Å²) in [7, 11) is 0. The number of fused-ring (bicyclic) bond motifs is 1. The lowest BCUT2D eigenvalue weighted by Gasteiger charge is -2.35. The molecule has 0 unspecified atom stereocenters. The highest BCUT2D eigenvalue weighted by atomic mass is 32.1. The van der Waals surface area contributed by atoms with Crippen LogP contribution in [0.1, 0.15) is 6.92 Å². The van der Waals surface area contributed by atoms with Crippen LogP contribution in [-0.4, -0.2) is 52.2 Å². The van der Waals surface area contributed by atoms with E-state index in [0.717, 1.165) is 44.4 Å². The highest BCUT2D eigenvalue weighted by molar-refractivity contribution is 7.71. The third-order valence-electron chi connectivity index (χ3n) is 4.39. The maximum absolute atomic E-state index is 13.5. The van der Waals surface area contributed by atoms with Gasteiger partial charge in [-0.1, -0.05) is 13.0 Å². The minimum atomic E-state index is -0.380. The number of piperazine rings is 1.